The van der Waals surface area contributed by atoms with Gasteiger partial charge in [-0.3, -0.25) is 4.79 Å². The Kier molecular flexibility index (Phi) is 3.92. The number of carbonyl (C=O) groups is 1. The predicted molar refractivity (Wildman–Crippen MR) is 64.1 cm³/mol. The highest BCUT2D eigenvalue weighted by atomic mass is 32.2. The second-order valence-corrected chi connectivity index (χ2v) is 5.55. The minimum Gasteiger partial charge on any atom is -0.351 e. The zero-order valence-corrected chi connectivity index (χ0v) is 10.1. The zero-order chi connectivity index (χ0) is 10.7. The molecule has 0 aromatic carbocycles. The van der Waals surface area contributed by atoms with Crippen molar-refractivity contribution in [3.05, 3.63) is 0 Å². The molecule has 0 spiro atoms. The van der Waals surface area contributed by atoms with Crippen LogP contribution in [0, 0.1) is 0 Å². The lowest BCUT2D eigenvalue weighted by atomic mass is 10.2. The molecule has 1 saturated heterocycles. The summed E-state index contributed by atoms with van der Waals surface area (Å²) < 4.78 is 0. The van der Waals surface area contributed by atoms with E-state index in [4.69, 9.17) is 0 Å². The normalized spacial score (nSPS) is 35.7. The topological polar surface area (TPSA) is 41.1 Å². The smallest absolute Gasteiger partial charge is 0.237 e. The van der Waals surface area contributed by atoms with Crippen LogP contribution in [0.3, 0.4) is 0 Å². The van der Waals surface area contributed by atoms with E-state index < -0.39 is 0 Å². The first-order valence-corrected chi connectivity index (χ1v) is 7.16. The van der Waals surface area contributed by atoms with Crippen molar-refractivity contribution in [1.82, 2.24) is 10.6 Å². The van der Waals surface area contributed by atoms with Crippen LogP contribution >= 0.6 is 11.8 Å². The Morgan fingerprint density at radius 3 is 2.87 bits per heavy atom. The number of amides is 1. The molecule has 3 nitrogen and oxygen atoms in total. The molecule has 1 amide bonds. The monoisotopic (exact) mass is 228 g/mol. The standard InChI is InChI=1S/C11H20N2OS/c1-15-10-6-2-4-8(10)13-11(14)9-5-3-7-12-9/h8-10,12H,2-7H2,1H3,(H,13,14)/t8?,9-,10?/m0/s1. The molecule has 0 aromatic rings. The number of carbonyl (C=O) groups excluding carboxylic acids is 1. The van der Waals surface area contributed by atoms with E-state index in [-0.39, 0.29) is 11.9 Å². The van der Waals surface area contributed by atoms with Gasteiger partial charge in [0.05, 0.1) is 6.04 Å². The SMILES string of the molecule is CSC1CCCC1NC(=O)[C@@H]1CCCN1. The van der Waals surface area contributed by atoms with Gasteiger partial charge in [0, 0.05) is 11.3 Å². The van der Waals surface area contributed by atoms with Crippen molar-refractivity contribution < 1.29 is 4.79 Å². The summed E-state index contributed by atoms with van der Waals surface area (Å²) in [7, 11) is 0. The van der Waals surface area contributed by atoms with Crippen LogP contribution in [0.5, 0.6) is 0 Å². The average molecular weight is 228 g/mol. The van der Waals surface area contributed by atoms with Gasteiger partial charge in [0.15, 0.2) is 0 Å². The van der Waals surface area contributed by atoms with E-state index in [2.05, 4.69) is 16.9 Å². The highest BCUT2D eigenvalue weighted by Gasteiger charge is 2.30. The summed E-state index contributed by atoms with van der Waals surface area (Å²) >= 11 is 1.89. The molecule has 0 aromatic heterocycles. The zero-order valence-electron chi connectivity index (χ0n) is 9.29. The lowest BCUT2D eigenvalue weighted by Crippen LogP contribution is -2.47. The lowest BCUT2D eigenvalue weighted by Gasteiger charge is -2.21. The van der Waals surface area contributed by atoms with Crippen molar-refractivity contribution in [2.24, 2.45) is 0 Å². The third kappa shape index (κ3) is 2.67. The van der Waals surface area contributed by atoms with E-state index in [1.54, 1.807) is 0 Å². The molecular formula is C11H20N2OS. The summed E-state index contributed by atoms with van der Waals surface area (Å²) in [5, 5.41) is 7.08. The van der Waals surface area contributed by atoms with Gasteiger partial charge < -0.3 is 10.6 Å². The maximum atomic E-state index is 11.9. The van der Waals surface area contributed by atoms with E-state index in [0.717, 1.165) is 25.8 Å². The Bertz CT molecular complexity index is 229. The highest BCUT2D eigenvalue weighted by Crippen LogP contribution is 2.28. The van der Waals surface area contributed by atoms with Crippen molar-refractivity contribution in [1.29, 1.82) is 0 Å². The fourth-order valence-electron chi connectivity index (χ4n) is 2.56. The molecule has 0 radical (unpaired) electrons. The van der Waals surface area contributed by atoms with E-state index in [1.165, 1.54) is 12.8 Å². The van der Waals surface area contributed by atoms with Crippen molar-refractivity contribution in [3.8, 4) is 0 Å². The van der Waals surface area contributed by atoms with Crippen LogP contribution in [-0.4, -0.2) is 36.0 Å². The Balaban J connectivity index is 1.82. The first-order chi connectivity index (χ1) is 7.31. The lowest BCUT2D eigenvalue weighted by molar-refractivity contribution is -0.123. The molecule has 3 atom stereocenters. The highest BCUT2D eigenvalue weighted by molar-refractivity contribution is 7.99. The number of nitrogens with one attached hydrogen (secondary N) is 2. The minimum absolute atomic E-state index is 0.0770. The number of thioether (sulfide) groups is 1. The van der Waals surface area contributed by atoms with Gasteiger partial charge in [0.1, 0.15) is 0 Å². The van der Waals surface area contributed by atoms with Gasteiger partial charge in [-0.25, -0.2) is 0 Å². The largest absolute Gasteiger partial charge is 0.351 e. The van der Waals surface area contributed by atoms with Crippen LogP contribution < -0.4 is 10.6 Å². The molecular weight excluding hydrogens is 208 g/mol. The van der Waals surface area contributed by atoms with Crippen LogP contribution in [0.25, 0.3) is 0 Å². The van der Waals surface area contributed by atoms with Crippen molar-refractivity contribution >= 4 is 17.7 Å². The molecule has 86 valence electrons. The van der Waals surface area contributed by atoms with Gasteiger partial charge in [0.25, 0.3) is 0 Å². The van der Waals surface area contributed by atoms with Gasteiger partial charge >= 0.3 is 0 Å². The molecule has 2 rings (SSSR count). The van der Waals surface area contributed by atoms with Gasteiger partial charge in [-0.05, 0) is 38.5 Å². The summed E-state index contributed by atoms with van der Waals surface area (Å²) in [6.07, 6.45) is 7.95. The molecule has 2 aliphatic rings. The molecule has 1 heterocycles. The van der Waals surface area contributed by atoms with E-state index in [0.29, 0.717) is 11.3 Å². The average Bonchev–Trinajstić information content (AvgIpc) is 2.87. The number of rotatable bonds is 3. The predicted octanol–water partition coefficient (Wildman–Crippen LogP) is 1.14. The second-order valence-electron chi connectivity index (χ2n) is 4.47. The van der Waals surface area contributed by atoms with Crippen LogP contribution in [0.15, 0.2) is 0 Å². The van der Waals surface area contributed by atoms with Crippen molar-refractivity contribution in [2.45, 2.75) is 49.4 Å². The van der Waals surface area contributed by atoms with E-state index in [1.807, 2.05) is 11.8 Å². The van der Waals surface area contributed by atoms with Crippen molar-refractivity contribution in [3.63, 3.8) is 0 Å². The third-order valence-corrected chi connectivity index (χ3v) is 4.63. The Morgan fingerprint density at radius 2 is 2.20 bits per heavy atom. The molecule has 2 N–H and O–H groups in total. The van der Waals surface area contributed by atoms with E-state index in [9.17, 15) is 4.79 Å². The maximum absolute atomic E-state index is 11.9. The van der Waals surface area contributed by atoms with Crippen LogP contribution in [0.1, 0.15) is 32.1 Å². The minimum atomic E-state index is 0.0770. The Labute approximate surface area is 95.8 Å². The summed E-state index contributed by atoms with van der Waals surface area (Å²) in [6, 6.07) is 0.489. The van der Waals surface area contributed by atoms with Crippen LogP contribution in [0.4, 0.5) is 0 Å². The molecule has 4 heteroatoms. The molecule has 15 heavy (non-hydrogen) atoms. The maximum Gasteiger partial charge on any atom is 0.237 e. The summed E-state index contributed by atoms with van der Waals surface area (Å²) in [6.45, 7) is 0.995. The molecule has 0 bridgehead atoms. The molecule has 1 saturated carbocycles. The Hall–Kier alpha value is -0.220. The summed E-state index contributed by atoms with van der Waals surface area (Å²) in [5.41, 5.74) is 0. The quantitative estimate of drug-likeness (QED) is 0.761. The van der Waals surface area contributed by atoms with Crippen LogP contribution in [0.2, 0.25) is 0 Å². The first-order valence-electron chi connectivity index (χ1n) is 5.88. The van der Waals surface area contributed by atoms with E-state index >= 15 is 0 Å². The first kappa shape index (κ1) is 11.3. The summed E-state index contributed by atoms with van der Waals surface area (Å²) in [4.78, 5) is 11.9. The number of hydrogen-bond donors (Lipinski definition) is 2. The number of hydrogen-bond acceptors (Lipinski definition) is 3. The van der Waals surface area contributed by atoms with Crippen LogP contribution in [-0.2, 0) is 4.79 Å². The molecule has 1 aliphatic carbocycles. The van der Waals surface area contributed by atoms with Gasteiger partial charge in [-0.1, -0.05) is 6.42 Å². The van der Waals surface area contributed by atoms with Crippen molar-refractivity contribution in [2.75, 3.05) is 12.8 Å². The third-order valence-electron chi connectivity index (χ3n) is 3.46. The fourth-order valence-corrected chi connectivity index (χ4v) is 3.50. The molecule has 2 fully saturated rings. The molecule has 1 aliphatic heterocycles. The molecule has 2 unspecified atom stereocenters. The van der Waals surface area contributed by atoms with Gasteiger partial charge in [-0.2, -0.15) is 11.8 Å². The second kappa shape index (κ2) is 5.21. The summed E-state index contributed by atoms with van der Waals surface area (Å²) in [5.74, 6) is 0.221. The fraction of sp³-hybridized carbons (Fsp3) is 0.909. The Morgan fingerprint density at radius 1 is 1.33 bits per heavy atom. The van der Waals surface area contributed by atoms with Gasteiger partial charge in [0.2, 0.25) is 5.91 Å². The van der Waals surface area contributed by atoms with Gasteiger partial charge in [-0.15, -0.1) is 0 Å².